The molecular formula is C21H24N2O7. The Balaban J connectivity index is 1.93. The average molecular weight is 416 g/mol. The normalized spacial score (nSPS) is 10.2. The number of hydrogen-bond donors (Lipinski definition) is 1. The fourth-order valence-electron chi connectivity index (χ4n) is 2.53. The van der Waals surface area contributed by atoms with Gasteiger partial charge < -0.3 is 19.5 Å². The first kappa shape index (κ1) is 22.7. The number of benzene rings is 2. The number of ether oxygens (including phenoxy) is 3. The number of nitrogens with zero attached hydrogens (tertiary/aromatic N) is 1. The summed E-state index contributed by atoms with van der Waals surface area (Å²) in [5.41, 5.74) is 1.12. The fraction of sp³-hybridized carbons (Fsp3) is 0.333. The molecular weight excluding hydrogens is 392 g/mol. The molecule has 30 heavy (non-hydrogen) atoms. The maximum Gasteiger partial charge on any atom is 0.338 e. The summed E-state index contributed by atoms with van der Waals surface area (Å²) < 4.78 is 15.6. The summed E-state index contributed by atoms with van der Waals surface area (Å²) in [6.45, 7) is 3.75. The van der Waals surface area contributed by atoms with Crippen molar-refractivity contribution >= 4 is 23.3 Å². The molecule has 0 aromatic heterocycles. The van der Waals surface area contributed by atoms with Gasteiger partial charge in [-0.05, 0) is 43.2 Å². The Labute approximate surface area is 174 Å². The van der Waals surface area contributed by atoms with Crippen molar-refractivity contribution in [2.24, 2.45) is 0 Å². The third-order valence-corrected chi connectivity index (χ3v) is 4.19. The molecule has 1 N–H and O–H groups in total. The predicted octanol–water partition coefficient (Wildman–Crippen LogP) is 3.89. The molecule has 9 nitrogen and oxygen atoms in total. The SMILES string of the molecule is CCCCOC(=O)c1ccc(OCC(=O)Nc2cc(OC)c([N+](=O)[O-])cc2C)cc1. The van der Waals surface area contributed by atoms with E-state index in [-0.39, 0.29) is 18.0 Å². The number of nitro groups is 1. The van der Waals surface area contributed by atoms with Gasteiger partial charge >= 0.3 is 11.7 Å². The zero-order valence-electron chi connectivity index (χ0n) is 17.1. The molecule has 0 aliphatic heterocycles. The number of esters is 1. The highest BCUT2D eigenvalue weighted by molar-refractivity contribution is 5.93. The third kappa shape index (κ3) is 6.20. The second-order valence-electron chi connectivity index (χ2n) is 6.45. The van der Waals surface area contributed by atoms with Gasteiger partial charge in [0.05, 0.1) is 24.2 Å². The highest BCUT2D eigenvalue weighted by Gasteiger charge is 2.18. The first-order valence-electron chi connectivity index (χ1n) is 9.38. The number of amides is 1. The zero-order valence-corrected chi connectivity index (χ0v) is 17.1. The first-order valence-corrected chi connectivity index (χ1v) is 9.38. The minimum atomic E-state index is -0.552. The molecule has 0 radical (unpaired) electrons. The second-order valence-corrected chi connectivity index (χ2v) is 6.45. The minimum absolute atomic E-state index is 0.0447. The molecule has 160 valence electrons. The largest absolute Gasteiger partial charge is 0.490 e. The molecule has 0 aliphatic carbocycles. The van der Waals surface area contributed by atoms with Crippen molar-refractivity contribution in [3.63, 3.8) is 0 Å². The molecule has 0 saturated heterocycles. The van der Waals surface area contributed by atoms with E-state index in [0.29, 0.717) is 29.2 Å². The van der Waals surface area contributed by atoms with Gasteiger partial charge in [0.2, 0.25) is 0 Å². The van der Waals surface area contributed by atoms with E-state index in [2.05, 4.69) is 5.32 Å². The van der Waals surface area contributed by atoms with Crippen LogP contribution in [0.1, 0.15) is 35.7 Å². The standard InChI is InChI=1S/C21H24N2O7/c1-4-5-10-29-21(25)15-6-8-16(9-7-15)30-13-20(24)22-17-12-19(28-3)18(23(26)27)11-14(17)2/h6-9,11-12H,4-5,10,13H2,1-3H3,(H,22,24). The molecule has 0 aliphatic rings. The summed E-state index contributed by atoms with van der Waals surface area (Å²) in [5, 5.41) is 13.7. The second kappa shape index (κ2) is 10.8. The van der Waals surface area contributed by atoms with Crippen LogP contribution >= 0.6 is 0 Å². The van der Waals surface area contributed by atoms with Crippen LogP contribution in [-0.2, 0) is 9.53 Å². The van der Waals surface area contributed by atoms with Gasteiger partial charge in [-0.15, -0.1) is 0 Å². The molecule has 0 saturated carbocycles. The molecule has 0 atom stereocenters. The maximum absolute atomic E-state index is 12.2. The number of anilines is 1. The van der Waals surface area contributed by atoms with Crippen LogP contribution < -0.4 is 14.8 Å². The summed E-state index contributed by atoms with van der Waals surface area (Å²) in [7, 11) is 1.32. The Morgan fingerprint density at radius 3 is 2.47 bits per heavy atom. The molecule has 9 heteroatoms. The molecule has 0 bridgehead atoms. The molecule has 0 unspecified atom stereocenters. The number of rotatable bonds is 10. The number of nitrogens with one attached hydrogen (secondary N) is 1. The monoisotopic (exact) mass is 416 g/mol. The van der Waals surface area contributed by atoms with Crippen molar-refractivity contribution in [3.05, 3.63) is 57.6 Å². The van der Waals surface area contributed by atoms with E-state index in [4.69, 9.17) is 14.2 Å². The Morgan fingerprint density at radius 1 is 1.17 bits per heavy atom. The van der Waals surface area contributed by atoms with Gasteiger partial charge in [-0.1, -0.05) is 13.3 Å². The third-order valence-electron chi connectivity index (χ3n) is 4.19. The van der Waals surface area contributed by atoms with E-state index in [1.807, 2.05) is 6.92 Å². The lowest BCUT2D eigenvalue weighted by Crippen LogP contribution is -2.20. The van der Waals surface area contributed by atoms with Crippen LogP contribution in [0.15, 0.2) is 36.4 Å². The van der Waals surface area contributed by atoms with Crippen LogP contribution in [0.3, 0.4) is 0 Å². The number of methoxy groups -OCH3 is 1. The van der Waals surface area contributed by atoms with Crippen molar-refractivity contribution in [1.29, 1.82) is 0 Å². The molecule has 2 aromatic carbocycles. The molecule has 2 rings (SSSR count). The highest BCUT2D eigenvalue weighted by atomic mass is 16.6. The lowest BCUT2D eigenvalue weighted by molar-refractivity contribution is -0.385. The van der Waals surface area contributed by atoms with Crippen LogP contribution in [0.2, 0.25) is 0 Å². The van der Waals surface area contributed by atoms with Crippen LogP contribution in [0.5, 0.6) is 11.5 Å². The van der Waals surface area contributed by atoms with E-state index >= 15 is 0 Å². The smallest absolute Gasteiger partial charge is 0.338 e. The number of carbonyl (C=O) groups is 2. The topological polar surface area (TPSA) is 117 Å². The Hall–Kier alpha value is -3.62. The van der Waals surface area contributed by atoms with E-state index in [1.54, 1.807) is 31.2 Å². The molecule has 2 aromatic rings. The van der Waals surface area contributed by atoms with E-state index in [9.17, 15) is 19.7 Å². The minimum Gasteiger partial charge on any atom is -0.490 e. The van der Waals surface area contributed by atoms with Crippen molar-refractivity contribution < 1.29 is 28.7 Å². The number of hydrogen-bond acceptors (Lipinski definition) is 7. The van der Waals surface area contributed by atoms with Crippen molar-refractivity contribution in [3.8, 4) is 11.5 Å². The lowest BCUT2D eigenvalue weighted by atomic mass is 10.1. The number of carbonyl (C=O) groups excluding carboxylic acids is 2. The Bertz CT molecular complexity index is 910. The summed E-state index contributed by atoms with van der Waals surface area (Å²) in [6, 6.07) is 8.99. The van der Waals surface area contributed by atoms with Gasteiger partial charge in [0, 0.05) is 17.8 Å². The maximum atomic E-state index is 12.2. The molecule has 1 amide bonds. The van der Waals surface area contributed by atoms with Crippen LogP contribution in [0.4, 0.5) is 11.4 Å². The van der Waals surface area contributed by atoms with Gasteiger partial charge in [-0.25, -0.2) is 4.79 Å². The summed E-state index contributed by atoms with van der Waals surface area (Å²) in [6.07, 6.45) is 1.75. The van der Waals surface area contributed by atoms with Gasteiger partial charge in [-0.3, -0.25) is 14.9 Å². The molecule has 0 spiro atoms. The van der Waals surface area contributed by atoms with Crippen molar-refractivity contribution in [2.75, 3.05) is 25.6 Å². The summed E-state index contributed by atoms with van der Waals surface area (Å²) >= 11 is 0. The molecule has 0 heterocycles. The number of aryl methyl sites for hydroxylation is 1. The Kier molecular flexibility index (Phi) is 8.16. The highest BCUT2D eigenvalue weighted by Crippen LogP contribution is 2.32. The summed E-state index contributed by atoms with van der Waals surface area (Å²) in [5.74, 6) is -0.399. The average Bonchev–Trinajstić information content (AvgIpc) is 2.73. The first-order chi connectivity index (χ1) is 14.3. The quantitative estimate of drug-likeness (QED) is 0.270. The van der Waals surface area contributed by atoms with Gasteiger partial charge in [0.15, 0.2) is 12.4 Å². The Morgan fingerprint density at radius 2 is 1.87 bits per heavy atom. The summed E-state index contributed by atoms with van der Waals surface area (Å²) in [4.78, 5) is 34.6. The van der Waals surface area contributed by atoms with E-state index in [0.717, 1.165) is 12.8 Å². The van der Waals surface area contributed by atoms with Crippen LogP contribution in [0.25, 0.3) is 0 Å². The van der Waals surface area contributed by atoms with Crippen LogP contribution in [-0.4, -0.2) is 37.1 Å². The number of nitro benzene ring substituents is 1. The lowest BCUT2D eigenvalue weighted by Gasteiger charge is -2.11. The van der Waals surface area contributed by atoms with E-state index < -0.39 is 16.8 Å². The van der Waals surface area contributed by atoms with Gasteiger partial charge in [-0.2, -0.15) is 0 Å². The predicted molar refractivity (Wildman–Crippen MR) is 110 cm³/mol. The van der Waals surface area contributed by atoms with Crippen molar-refractivity contribution in [2.45, 2.75) is 26.7 Å². The zero-order chi connectivity index (χ0) is 22.1. The van der Waals surface area contributed by atoms with Crippen LogP contribution in [0, 0.1) is 17.0 Å². The van der Waals surface area contributed by atoms with Gasteiger partial charge in [0.25, 0.3) is 5.91 Å². The fourth-order valence-corrected chi connectivity index (χ4v) is 2.53. The van der Waals surface area contributed by atoms with Crippen molar-refractivity contribution in [1.82, 2.24) is 0 Å². The van der Waals surface area contributed by atoms with E-state index in [1.165, 1.54) is 19.2 Å². The van der Waals surface area contributed by atoms with Gasteiger partial charge in [0.1, 0.15) is 5.75 Å². The molecule has 0 fully saturated rings. The number of unbranched alkanes of at least 4 members (excludes halogenated alkanes) is 1.